The Morgan fingerprint density at radius 3 is 2.45 bits per heavy atom. The number of quaternary nitrogens is 1. The summed E-state index contributed by atoms with van der Waals surface area (Å²) < 4.78 is 13.2. The molecule has 2 aliphatic heterocycles. The monoisotopic (exact) mass is 434 g/mol. The van der Waals surface area contributed by atoms with Gasteiger partial charge in [0.25, 0.3) is 0 Å². The third kappa shape index (κ3) is 6.82. The van der Waals surface area contributed by atoms with Crippen LogP contribution in [0.5, 0.6) is 0 Å². The van der Waals surface area contributed by atoms with Crippen LogP contribution >= 0.6 is 0 Å². The third-order valence-electron chi connectivity index (χ3n) is 6.55. The van der Waals surface area contributed by atoms with Crippen LogP contribution in [-0.4, -0.2) is 68.8 Å². The Hall–Kier alpha value is -2.35. The number of nitrogens with one attached hydrogen (secondary N) is 2. The molecule has 1 aromatic carbocycles. The van der Waals surface area contributed by atoms with Crippen molar-refractivity contribution < 1.29 is 24.0 Å². The van der Waals surface area contributed by atoms with E-state index in [0.29, 0.717) is 19.5 Å². The summed E-state index contributed by atoms with van der Waals surface area (Å²) in [5.41, 5.74) is 1.05. The van der Waals surface area contributed by atoms with Gasteiger partial charge in [-0.1, -0.05) is 0 Å². The number of carboxylic acid groups (broad SMARTS) is 1. The number of piperidine rings is 1. The molecule has 0 bridgehead atoms. The molecule has 2 aliphatic rings. The number of anilines is 1. The van der Waals surface area contributed by atoms with E-state index >= 15 is 0 Å². The van der Waals surface area contributed by atoms with E-state index in [1.165, 1.54) is 17.0 Å². The zero-order valence-electron chi connectivity index (χ0n) is 18.6. The maximum atomic E-state index is 13.2. The number of nitrogens with zero attached hydrogens (tertiary/aromatic N) is 2. The molecule has 7 nitrogen and oxygen atoms in total. The Morgan fingerprint density at radius 2 is 1.84 bits per heavy atom. The summed E-state index contributed by atoms with van der Waals surface area (Å²) in [4.78, 5) is 29.3. The number of likely N-dealkylation sites (tertiary alicyclic amines) is 1. The molecule has 0 aliphatic carbocycles. The number of carboxylic acids is 1. The molecule has 0 radical (unpaired) electrons. The second-order valence-corrected chi connectivity index (χ2v) is 9.19. The quantitative estimate of drug-likeness (QED) is 0.639. The fourth-order valence-corrected chi connectivity index (χ4v) is 4.79. The van der Waals surface area contributed by atoms with Crippen LogP contribution < -0.4 is 20.2 Å². The van der Waals surface area contributed by atoms with Crippen molar-refractivity contribution in [1.82, 2.24) is 10.2 Å². The van der Waals surface area contributed by atoms with Crippen molar-refractivity contribution >= 4 is 17.7 Å². The molecule has 2 N–H and O–H groups in total. The summed E-state index contributed by atoms with van der Waals surface area (Å²) in [6.07, 6.45) is 1.67. The van der Waals surface area contributed by atoms with Crippen LogP contribution in [-0.2, 0) is 4.79 Å². The molecular weight excluding hydrogens is 399 g/mol. The fraction of sp³-hybridized carbons (Fsp3) is 0.652. The SMILES string of the molecule is CC(C)NC(=O)N1CC[C@@H](CC(=O)[O-])[C@@H](CC[NH+]2CCN(c3ccc(F)cc3)CC2)C1. The van der Waals surface area contributed by atoms with Gasteiger partial charge in [-0.15, -0.1) is 0 Å². The number of rotatable bonds is 7. The van der Waals surface area contributed by atoms with E-state index in [1.54, 1.807) is 0 Å². The van der Waals surface area contributed by atoms with Crippen molar-refractivity contribution in [3.05, 3.63) is 30.1 Å². The number of amides is 2. The van der Waals surface area contributed by atoms with E-state index in [2.05, 4.69) is 10.2 Å². The summed E-state index contributed by atoms with van der Waals surface area (Å²) in [6, 6.07) is 6.65. The second kappa shape index (κ2) is 10.8. The molecule has 2 saturated heterocycles. The molecule has 2 atom stereocenters. The standard InChI is InChI=1S/C23H35FN4O3/c1-17(2)25-23(31)28-10-8-18(15-22(29)30)19(16-28)7-9-26-11-13-27(14-12-26)21-5-3-20(24)4-6-21/h3-6,17-19H,7-16H2,1-2H3,(H,25,31)(H,29,30)/t18-,19-/m0/s1. The summed E-state index contributed by atoms with van der Waals surface area (Å²) >= 11 is 0. The fourth-order valence-electron chi connectivity index (χ4n) is 4.79. The zero-order chi connectivity index (χ0) is 22.4. The summed E-state index contributed by atoms with van der Waals surface area (Å²) in [5.74, 6) is -0.988. The summed E-state index contributed by atoms with van der Waals surface area (Å²) in [7, 11) is 0. The van der Waals surface area contributed by atoms with Gasteiger partial charge in [-0.25, -0.2) is 9.18 Å². The number of hydrogen-bond donors (Lipinski definition) is 2. The minimum atomic E-state index is -1.00. The van der Waals surface area contributed by atoms with Crippen molar-refractivity contribution in [2.24, 2.45) is 11.8 Å². The first-order valence-corrected chi connectivity index (χ1v) is 11.4. The Bertz CT molecular complexity index is 735. The predicted molar refractivity (Wildman–Crippen MR) is 115 cm³/mol. The van der Waals surface area contributed by atoms with Gasteiger partial charge in [0.05, 0.1) is 32.7 Å². The van der Waals surface area contributed by atoms with Gasteiger partial charge in [0, 0.05) is 37.2 Å². The number of carbonyl (C=O) groups is 2. The number of piperazine rings is 1. The molecule has 0 unspecified atom stereocenters. The first-order chi connectivity index (χ1) is 14.8. The molecule has 31 heavy (non-hydrogen) atoms. The number of hydrogen-bond acceptors (Lipinski definition) is 4. The molecule has 3 rings (SSSR count). The Morgan fingerprint density at radius 1 is 1.16 bits per heavy atom. The molecule has 8 heteroatoms. The average Bonchev–Trinajstić information content (AvgIpc) is 2.73. The van der Waals surface area contributed by atoms with Gasteiger partial charge < -0.3 is 29.9 Å². The van der Waals surface area contributed by atoms with Gasteiger partial charge in [-0.05, 0) is 62.8 Å². The Labute approximate surface area is 184 Å². The van der Waals surface area contributed by atoms with Crippen LogP contribution in [0, 0.1) is 17.7 Å². The van der Waals surface area contributed by atoms with Gasteiger partial charge in [0.1, 0.15) is 5.82 Å². The summed E-state index contributed by atoms with van der Waals surface area (Å²) in [6.45, 7) is 9.85. The number of halogens is 1. The van der Waals surface area contributed by atoms with Crippen LogP contribution in [0.2, 0.25) is 0 Å². The number of carbonyl (C=O) groups excluding carboxylic acids is 2. The lowest BCUT2D eigenvalue weighted by Gasteiger charge is -2.40. The van der Waals surface area contributed by atoms with E-state index in [9.17, 15) is 19.1 Å². The highest BCUT2D eigenvalue weighted by atomic mass is 19.1. The topological polar surface area (TPSA) is 80.1 Å². The maximum Gasteiger partial charge on any atom is 0.317 e. The zero-order valence-corrected chi connectivity index (χ0v) is 18.6. The number of benzene rings is 1. The van der Waals surface area contributed by atoms with Gasteiger partial charge >= 0.3 is 6.03 Å². The minimum absolute atomic E-state index is 0.0628. The van der Waals surface area contributed by atoms with Crippen molar-refractivity contribution in [2.75, 3.05) is 50.7 Å². The van der Waals surface area contributed by atoms with Crippen molar-refractivity contribution in [3.63, 3.8) is 0 Å². The van der Waals surface area contributed by atoms with E-state index in [-0.39, 0.29) is 36.1 Å². The minimum Gasteiger partial charge on any atom is -0.550 e. The predicted octanol–water partition coefficient (Wildman–Crippen LogP) is 0.117. The highest BCUT2D eigenvalue weighted by Gasteiger charge is 2.33. The van der Waals surface area contributed by atoms with Crippen molar-refractivity contribution in [2.45, 2.75) is 39.2 Å². The largest absolute Gasteiger partial charge is 0.550 e. The molecule has 2 heterocycles. The second-order valence-electron chi connectivity index (χ2n) is 9.19. The van der Waals surface area contributed by atoms with Crippen LogP contribution in [0.1, 0.15) is 33.1 Å². The van der Waals surface area contributed by atoms with E-state index in [4.69, 9.17) is 0 Å². The molecule has 2 fully saturated rings. The number of urea groups is 1. The van der Waals surface area contributed by atoms with Crippen LogP contribution in [0.25, 0.3) is 0 Å². The normalized spacial score (nSPS) is 22.6. The van der Waals surface area contributed by atoms with Crippen LogP contribution in [0.3, 0.4) is 0 Å². The number of aliphatic carboxylic acids is 1. The lowest BCUT2D eigenvalue weighted by atomic mass is 9.81. The van der Waals surface area contributed by atoms with E-state index in [1.807, 2.05) is 30.9 Å². The highest BCUT2D eigenvalue weighted by Crippen LogP contribution is 2.28. The molecule has 0 saturated carbocycles. The molecule has 0 spiro atoms. The first kappa shape index (κ1) is 23.3. The van der Waals surface area contributed by atoms with Gasteiger partial charge in [-0.3, -0.25) is 0 Å². The van der Waals surface area contributed by atoms with E-state index < -0.39 is 5.97 Å². The van der Waals surface area contributed by atoms with Crippen LogP contribution in [0.15, 0.2) is 24.3 Å². The molecule has 172 valence electrons. The molecule has 0 aromatic heterocycles. The van der Waals surface area contributed by atoms with Crippen LogP contribution in [0.4, 0.5) is 14.9 Å². The summed E-state index contributed by atoms with van der Waals surface area (Å²) in [5, 5.41) is 14.2. The first-order valence-electron chi connectivity index (χ1n) is 11.4. The highest BCUT2D eigenvalue weighted by molar-refractivity contribution is 5.74. The van der Waals surface area contributed by atoms with E-state index in [0.717, 1.165) is 44.8 Å². The molecular formula is C23H35FN4O3. The lowest BCUT2D eigenvalue weighted by Crippen LogP contribution is -3.15. The van der Waals surface area contributed by atoms with Gasteiger partial charge in [-0.2, -0.15) is 0 Å². The lowest BCUT2D eigenvalue weighted by molar-refractivity contribution is -0.901. The van der Waals surface area contributed by atoms with Crippen molar-refractivity contribution in [3.8, 4) is 0 Å². The van der Waals surface area contributed by atoms with Gasteiger partial charge in [0.15, 0.2) is 0 Å². The smallest absolute Gasteiger partial charge is 0.317 e. The average molecular weight is 435 g/mol. The molecule has 2 amide bonds. The Kier molecular flexibility index (Phi) is 8.12. The third-order valence-corrected chi connectivity index (χ3v) is 6.55. The molecule has 1 aromatic rings. The van der Waals surface area contributed by atoms with Crippen molar-refractivity contribution in [1.29, 1.82) is 0 Å². The van der Waals surface area contributed by atoms with Gasteiger partial charge in [0.2, 0.25) is 0 Å². The Balaban J connectivity index is 1.51. The maximum absolute atomic E-state index is 13.2.